The van der Waals surface area contributed by atoms with Gasteiger partial charge in [0.15, 0.2) is 5.11 Å². The standard InChI is InChI=1S/C15H15F4N5OS/c1-8-2-4-9(5-3-8)24(15(20)26)22-12(25)7-23-11(14(18)19)6-10(21-23)13(16)17/h2-6,13-14H,7H2,1H3,(H2,20,26)(H,22,25). The van der Waals surface area contributed by atoms with Gasteiger partial charge in [-0.25, -0.2) is 22.6 Å². The molecule has 1 aromatic carbocycles. The maximum Gasteiger partial charge on any atom is 0.282 e. The summed E-state index contributed by atoms with van der Waals surface area (Å²) < 4.78 is 51.8. The third-order valence-corrected chi connectivity index (χ3v) is 3.50. The number of carbonyl (C=O) groups is 1. The van der Waals surface area contributed by atoms with E-state index in [-0.39, 0.29) is 5.11 Å². The van der Waals surface area contributed by atoms with E-state index in [1.807, 2.05) is 6.92 Å². The molecule has 2 rings (SSSR count). The summed E-state index contributed by atoms with van der Waals surface area (Å²) in [5.74, 6) is -0.816. The molecule has 11 heteroatoms. The minimum Gasteiger partial charge on any atom is -0.374 e. The van der Waals surface area contributed by atoms with E-state index in [1.54, 1.807) is 24.3 Å². The Labute approximate surface area is 151 Å². The van der Waals surface area contributed by atoms with Crippen LogP contribution in [0.1, 0.15) is 29.8 Å². The first-order chi connectivity index (χ1) is 12.2. The molecule has 0 aliphatic carbocycles. The van der Waals surface area contributed by atoms with E-state index >= 15 is 0 Å². The number of amides is 1. The van der Waals surface area contributed by atoms with E-state index in [0.29, 0.717) is 16.4 Å². The minimum atomic E-state index is -3.06. The first-order valence-electron chi connectivity index (χ1n) is 7.28. The summed E-state index contributed by atoms with van der Waals surface area (Å²) in [5, 5.41) is 4.24. The maximum absolute atomic E-state index is 13.0. The molecule has 0 saturated carbocycles. The van der Waals surface area contributed by atoms with Crippen molar-refractivity contribution in [1.82, 2.24) is 15.2 Å². The molecule has 0 bridgehead atoms. The number of hydrogen-bond acceptors (Lipinski definition) is 3. The van der Waals surface area contributed by atoms with Gasteiger partial charge in [-0.05, 0) is 37.3 Å². The summed E-state index contributed by atoms with van der Waals surface area (Å²) in [4.78, 5) is 12.2. The molecule has 1 heterocycles. The van der Waals surface area contributed by atoms with Crippen molar-refractivity contribution in [2.24, 2.45) is 5.73 Å². The molecule has 0 atom stereocenters. The highest BCUT2D eigenvalue weighted by atomic mass is 32.1. The molecule has 3 N–H and O–H groups in total. The van der Waals surface area contributed by atoms with E-state index in [4.69, 9.17) is 18.0 Å². The third-order valence-electron chi connectivity index (χ3n) is 3.32. The number of nitrogens with zero attached hydrogens (tertiary/aromatic N) is 3. The van der Waals surface area contributed by atoms with Crippen molar-refractivity contribution in [3.05, 3.63) is 47.3 Å². The second-order valence-corrected chi connectivity index (χ2v) is 5.72. The lowest BCUT2D eigenvalue weighted by Gasteiger charge is -2.23. The number of carbonyl (C=O) groups excluding carboxylic acids is 1. The molecule has 0 aliphatic rings. The first-order valence-corrected chi connectivity index (χ1v) is 7.69. The average molecular weight is 389 g/mol. The number of hydrazine groups is 1. The molecule has 2 aromatic rings. The Balaban J connectivity index is 2.18. The zero-order chi connectivity index (χ0) is 19.4. The summed E-state index contributed by atoms with van der Waals surface area (Å²) in [6.07, 6.45) is -6.09. The number of nitrogens with two attached hydrogens (primary N) is 1. The molecule has 26 heavy (non-hydrogen) atoms. The molecule has 0 aliphatic heterocycles. The van der Waals surface area contributed by atoms with Gasteiger partial charge in [0.25, 0.3) is 18.8 Å². The average Bonchev–Trinajstić information content (AvgIpc) is 2.97. The molecule has 0 saturated heterocycles. The quantitative estimate of drug-likeness (QED) is 0.467. The highest BCUT2D eigenvalue weighted by Gasteiger charge is 2.23. The van der Waals surface area contributed by atoms with Crippen LogP contribution >= 0.6 is 12.2 Å². The van der Waals surface area contributed by atoms with Gasteiger partial charge in [0, 0.05) is 0 Å². The monoisotopic (exact) mass is 389 g/mol. The van der Waals surface area contributed by atoms with Gasteiger partial charge in [-0.1, -0.05) is 17.7 Å². The number of halogens is 4. The lowest BCUT2D eigenvalue weighted by atomic mass is 10.2. The van der Waals surface area contributed by atoms with Gasteiger partial charge in [-0.3, -0.25) is 14.9 Å². The SMILES string of the molecule is Cc1ccc(N(NC(=O)Cn2nc(C(F)F)cc2C(F)F)C(N)=S)cc1. The smallest absolute Gasteiger partial charge is 0.282 e. The zero-order valence-electron chi connectivity index (χ0n) is 13.5. The van der Waals surface area contributed by atoms with Gasteiger partial charge < -0.3 is 5.73 Å². The highest BCUT2D eigenvalue weighted by molar-refractivity contribution is 7.80. The van der Waals surface area contributed by atoms with Crippen LogP contribution in [-0.4, -0.2) is 20.8 Å². The number of anilines is 1. The summed E-state index contributed by atoms with van der Waals surface area (Å²) in [5.41, 5.74) is 7.69. The normalized spacial score (nSPS) is 11.0. The van der Waals surface area contributed by atoms with Gasteiger partial charge >= 0.3 is 0 Å². The number of thiocarbonyl (C=S) groups is 1. The highest BCUT2D eigenvalue weighted by Crippen LogP contribution is 2.25. The summed E-state index contributed by atoms with van der Waals surface area (Å²) in [6, 6.07) is 7.35. The number of aromatic nitrogens is 2. The molecule has 1 amide bonds. The Bertz CT molecular complexity index is 794. The molecule has 0 spiro atoms. The van der Waals surface area contributed by atoms with Crippen molar-refractivity contribution in [2.75, 3.05) is 5.01 Å². The second-order valence-electron chi connectivity index (χ2n) is 5.30. The van der Waals surface area contributed by atoms with Gasteiger partial charge in [0.1, 0.15) is 17.9 Å². The number of rotatable bonds is 5. The Hall–Kier alpha value is -2.69. The third kappa shape index (κ3) is 4.69. The molecule has 0 radical (unpaired) electrons. The summed E-state index contributed by atoms with van der Waals surface area (Å²) in [7, 11) is 0. The molecule has 1 aromatic heterocycles. The van der Waals surface area contributed by atoms with E-state index < -0.39 is 36.7 Å². The largest absolute Gasteiger partial charge is 0.374 e. The van der Waals surface area contributed by atoms with Crippen LogP contribution in [0.15, 0.2) is 30.3 Å². The topological polar surface area (TPSA) is 76.2 Å². The van der Waals surface area contributed by atoms with E-state index in [1.165, 1.54) is 0 Å². The van der Waals surface area contributed by atoms with Crippen LogP contribution in [0.3, 0.4) is 0 Å². The van der Waals surface area contributed by atoms with Crippen molar-refractivity contribution in [3.8, 4) is 0 Å². The van der Waals surface area contributed by atoms with Crippen LogP contribution in [-0.2, 0) is 11.3 Å². The lowest BCUT2D eigenvalue weighted by Crippen LogP contribution is -2.50. The number of benzene rings is 1. The fraction of sp³-hybridized carbons (Fsp3) is 0.267. The first kappa shape index (κ1) is 19.6. The van der Waals surface area contributed by atoms with Gasteiger partial charge in [0.2, 0.25) is 0 Å². The summed E-state index contributed by atoms with van der Waals surface area (Å²) in [6.45, 7) is 1.15. The van der Waals surface area contributed by atoms with E-state index in [0.717, 1.165) is 10.6 Å². The molecule has 6 nitrogen and oxygen atoms in total. The fourth-order valence-electron chi connectivity index (χ4n) is 2.10. The van der Waals surface area contributed by atoms with Crippen molar-refractivity contribution in [1.29, 1.82) is 0 Å². The van der Waals surface area contributed by atoms with Gasteiger partial charge in [-0.2, -0.15) is 5.10 Å². The van der Waals surface area contributed by atoms with Crippen molar-refractivity contribution in [2.45, 2.75) is 26.3 Å². The van der Waals surface area contributed by atoms with Crippen LogP contribution < -0.4 is 16.2 Å². The molecule has 140 valence electrons. The molecule has 0 unspecified atom stereocenters. The summed E-state index contributed by atoms with van der Waals surface area (Å²) >= 11 is 4.87. The predicted octanol–water partition coefficient (Wildman–Crippen LogP) is 2.85. The lowest BCUT2D eigenvalue weighted by molar-refractivity contribution is -0.121. The van der Waals surface area contributed by atoms with Crippen LogP contribution in [0.2, 0.25) is 0 Å². The Morgan fingerprint density at radius 2 is 1.88 bits per heavy atom. The van der Waals surface area contributed by atoms with Crippen LogP contribution in [0.4, 0.5) is 23.2 Å². The number of hydrogen-bond donors (Lipinski definition) is 2. The van der Waals surface area contributed by atoms with Crippen LogP contribution in [0, 0.1) is 6.92 Å². The van der Waals surface area contributed by atoms with Crippen molar-refractivity contribution >= 4 is 28.9 Å². The number of alkyl halides is 4. The fourth-order valence-corrected chi connectivity index (χ4v) is 2.25. The minimum absolute atomic E-state index is 0.190. The molecular formula is C15H15F4N5OS. The maximum atomic E-state index is 13.0. The Morgan fingerprint density at radius 3 is 2.38 bits per heavy atom. The van der Waals surface area contributed by atoms with E-state index in [9.17, 15) is 22.4 Å². The van der Waals surface area contributed by atoms with Gasteiger partial charge in [-0.15, -0.1) is 0 Å². The predicted molar refractivity (Wildman–Crippen MR) is 90.7 cm³/mol. The van der Waals surface area contributed by atoms with Crippen LogP contribution in [0.5, 0.6) is 0 Å². The number of nitrogens with one attached hydrogen (secondary N) is 1. The van der Waals surface area contributed by atoms with E-state index in [2.05, 4.69) is 10.5 Å². The zero-order valence-corrected chi connectivity index (χ0v) is 14.3. The number of aryl methyl sites for hydroxylation is 1. The van der Waals surface area contributed by atoms with Crippen molar-refractivity contribution in [3.63, 3.8) is 0 Å². The molecular weight excluding hydrogens is 374 g/mol. The Morgan fingerprint density at radius 1 is 1.27 bits per heavy atom. The second kappa shape index (κ2) is 8.13. The Kier molecular flexibility index (Phi) is 6.14. The molecule has 0 fully saturated rings. The van der Waals surface area contributed by atoms with Crippen molar-refractivity contribution < 1.29 is 22.4 Å². The van der Waals surface area contributed by atoms with Crippen LogP contribution in [0.25, 0.3) is 0 Å². The van der Waals surface area contributed by atoms with Gasteiger partial charge in [0.05, 0.1) is 5.69 Å².